The minimum Gasteiger partial charge on any atom is -0.389 e. The van der Waals surface area contributed by atoms with Gasteiger partial charge < -0.3 is 5.11 Å². The third-order valence-electron chi connectivity index (χ3n) is 6.20. The van der Waals surface area contributed by atoms with Gasteiger partial charge in [-0.15, -0.1) is 0 Å². The number of hydrogen-bond donors (Lipinski definition) is 1. The van der Waals surface area contributed by atoms with Gasteiger partial charge in [-0.1, -0.05) is 32.4 Å². The molecule has 0 bridgehead atoms. The second kappa shape index (κ2) is 2.75. The molecule has 4 atom stereocenters. The van der Waals surface area contributed by atoms with E-state index in [1.54, 1.807) is 5.57 Å². The van der Waals surface area contributed by atoms with Gasteiger partial charge in [0, 0.05) is 5.41 Å². The molecule has 3 rings (SSSR count). The fraction of sp³-hybridized carbons (Fsp3) is 0.867. The molecule has 2 fully saturated rings. The molecular weight excluding hydrogens is 196 g/mol. The highest BCUT2D eigenvalue weighted by Crippen LogP contribution is 2.75. The molecule has 0 aromatic heterocycles. The lowest BCUT2D eigenvalue weighted by Gasteiger charge is -2.50. The summed E-state index contributed by atoms with van der Waals surface area (Å²) in [6, 6.07) is 0. The molecule has 1 unspecified atom stereocenters. The molecule has 3 aliphatic rings. The van der Waals surface area contributed by atoms with Crippen molar-refractivity contribution < 1.29 is 5.11 Å². The van der Waals surface area contributed by atoms with Gasteiger partial charge >= 0.3 is 0 Å². The van der Waals surface area contributed by atoms with E-state index in [9.17, 15) is 5.11 Å². The van der Waals surface area contributed by atoms with E-state index in [0.717, 1.165) is 18.8 Å². The van der Waals surface area contributed by atoms with E-state index in [-0.39, 0.29) is 5.41 Å². The van der Waals surface area contributed by atoms with E-state index in [1.807, 2.05) is 0 Å². The maximum atomic E-state index is 10.8. The Hall–Kier alpha value is -0.300. The van der Waals surface area contributed by atoms with Gasteiger partial charge in [-0.3, -0.25) is 0 Å². The van der Waals surface area contributed by atoms with E-state index < -0.39 is 5.60 Å². The molecule has 16 heavy (non-hydrogen) atoms. The molecule has 0 aromatic rings. The van der Waals surface area contributed by atoms with Crippen LogP contribution in [0.2, 0.25) is 0 Å². The highest BCUT2D eigenvalue weighted by atomic mass is 16.3. The molecular formula is C15H24O. The first-order chi connectivity index (χ1) is 7.32. The minimum atomic E-state index is -0.492. The molecule has 0 saturated heterocycles. The molecule has 0 amide bonds. The first-order valence-corrected chi connectivity index (χ1v) is 6.74. The zero-order valence-corrected chi connectivity index (χ0v) is 11.0. The zero-order chi connectivity index (χ0) is 11.8. The van der Waals surface area contributed by atoms with Crippen LogP contribution in [-0.2, 0) is 0 Å². The standard InChI is InChI=1S/C15H24O/c1-13(2)11-8-7-10-6-5-9-14(3,16)15(10,4)12(11)13/h6,11-12,16H,5,7-9H2,1-4H3/t11-,12+,14+,15?/m1/s1. The van der Waals surface area contributed by atoms with Crippen molar-refractivity contribution in [1.29, 1.82) is 0 Å². The van der Waals surface area contributed by atoms with Gasteiger partial charge in [-0.2, -0.15) is 0 Å². The van der Waals surface area contributed by atoms with Gasteiger partial charge in [0.25, 0.3) is 0 Å². The number of rotatable bonds is 0. The lowest BCUT2D eigenvalue weighted by Crippen LogP contribution is -2.50. The summed E-state index contributed by atoms with van der Waals surface area (Å²) in [5.74, 6) is 1.55. The second-order valence-corrected chi connectivity index (χ2v) is 7.19. The SMILES string of the molecule is CC1(C)[C@@H]2CCC3=CCC[C@](C)(O)C3(C)[C@@H]21. The molecule has 0 radical (unpaired) electrons. The van der Waals surface area contributed by atoms with E-state index in [1.165, 1.54) is 12.8 Å². The smallest absolute Gasteiger partial charge is 0.0715 e. The van der Waals surface area contributed by atoms with Crippen molar-refractivity contribution in [2.75, 3.05) is 0 Å². The Morgan fingerprint density at radius 2 is 1.94 bits per heavy atom. The molecule has 3 aliphatic carbocycles. The Labute approximate surface area is 98.9 Å². The molecule has 1 nitrogen and oxygen atoms in total. The van der Waals surface area contributed by atoms with Crippen LogP contribution in [0.5, 0.6) is 0 Å². The highest BCUT2D eigenvalue weighted by Gasteiger charge is 2.71. The van der Waals surface area contributed by atoms with Crippen LogP contribution < -0.4 is 0 Å². The predicted molar refractivity (Wildman–Crippen MR) is 66.0 cm³/mol. The average Bonchev–Trinajstić information content (AvgIpc) is 2.72. The molecule has 0 aromatic carbocycles. The van der Waals surface area contributed by atoms with Gasteiger partial charge in [0.05, 0.1) is 5.60 Å². The molecule has 0 spiro atoms. The van der Waals surface area contributed by atoms with Gasteiger partial charge in [-0.25, -0.2) is 0 Å². The van der Waals surface area contributed by atoms with Crippen LogP contribution in [0.25, 0.3) is 0 Å². The van der Waals surface area contributed by atoms with E-state index >= 15 is 0 Å². The summed E-state index contributed by atoms with van der Waals surface area (Å²) in [4.78, 5) is 0. The fourth-order valence-electron chi connectivity index (χ4n) is 4.98. The third-order valence-corrected chi connectivity index (χ3v) is 6.20. The van der Waals surface area contributed by atoms with Crippen molar-refractivity contribution in [3.8, 4) is 0 Å². The van der Waals surface area contributed by atoms with Crippen molar-refractivity contribution in [1.82, 2.24) is 0 Å². The summed E-state index contributed by atoms with van der Waals surface area (Å²) in [5, 5.41) is 10.8. The van der Waals surface area contributed by atoms with Crippen LogP contribution in [0, 0.1) is 22.7 Å². The van der Waals surface area contributed by atoms with Crippen LogP contribution in [0.3, 0.4) is 0 Å². The van der Waals surface area contributed by atoms with Crippen LogP contribution >= 0.6 is 0 Å². The fourth-order valence-corrected chi connectivity index (χ4v) is 4.98. The van der Waals surface area contributed by atoms with E-state index in [0.29, 0.717) is 11.3 Å². The first kappa shape index (κ1) is 10.8. The number of fused-ring (bicyclic) bond motifs is 3. The van der Waals surface area contributed by atoms with Crippen LogP contribution in [0.4, 0.5) is 0 Å². The molecule has 1 heteroatoms. The van der Waals surface area contributed by atoms with Crippen molar-refractivity contribution in [3.63, 3.8) is 0 Å². The van der Waals surface area contributed by atoms with Crippen molar-refractivity contribution in [2.45, 2.75) is 59.0 Å². The van der Waals surface area contributed by atoms with Crippen LogP contribution in [0.15, 0.2) is 11.6 Å². The Morgan fingerprint density at radius 3 is 2.62 bits per heavy atom. The number of hydrogen-bond acceptors (Lipinski definition) is 1. The monoisotopic (exact) mass is 220 g/mol. The summed E-state index contributed by atoms with van der Waals surface area (Å²) in [7, 11) is 0. The summed E-state index contributed by atoms with van der Waals surface area (Å²) < 4.78 is 0. The Bertz CT molecular complexity index is 364. The van der Waals surface area contributed by atoms with E-state index in [4.69, 9.17) is 0 Å². The van der Waals surface area contributed by atoms with Crippen molar-refractivity contribution >= 4 is 0 Å². The van der Waals surface area contributed by atoms with Gasteiger partial charge in [-0.05, 0) is 49.9 Å². The molecule has 0 aliphatic heterocycles. The van der Waals surface area contributed by atoms with E-state index in [2.05, 4.69) is 33.8 Å². The zero-order valence-electron chi connectivity index (χ0n) is 11.0. The Morgan fingerprint density at radius 1 is 1.25 bits per heavy atom. The first-order valence-electron chi connectivity index (χ1n) is 6.74. The summed E-state index contributed by atoms with van der Waals surface area (Å²) in [5.41, 5.74) is 1.56. The quantitative estimate of drug-likeness (QED) is 0.619. The molecule has 0 heterocycles. The lowest BCUT2D eigenvalue weighted by molar-refractivity contribution is -0.0767. The second-order valence-electron chi connectivity index (χ2n) is 7.19. The summed E-state index contributed by atoms with van der Waals surface area (Å²) in [6.45, 7) is 9.17. The summed E-state index contributed by atoms with van der Waals surface area (Å²) >= 11 is 0. The number of allylic oxidation sites excluding steroid dienone is 1. The maximum absolute atomic E-state index is 10.8. The predicted octanol–water partition coefficient (Wildman–Crippen LogP) is 3.53. The molecule has 1 N–H and O–H groups in total. The normalized spacial score (nSPS) is 53.7. The van der Waals surface area contributed by atoms with Crippen LogP contribution in [-0.4, -0.2) is 10.7 Å². The molecule has 2 saturated carbocycles. The Balaban J connectivity index is 2.09. The Kier molecular flexibility index (Phi) is 1.86. The van der Waals surface area contributed by atoms with Crippen molar-refractivity contribution in [2.24, 2.45) is 22.7 Å². The lowest BCUT2D eigenvalue weighted by atomic mass is 9.57. The topological polar surface area (TPSA) is 20.2 Å². The molecule has 90 valence electrons. The van der Waals surface area contributed by atoms with Gasteiger partial charge in [0.2, 0.25) is 0 Å². The average molecular weight is 220 g/mol. The number of aliphatic hydroxyl groups is 1. The van der Waals surface area contributed by atoms with Gasteiger partial charge in [0.1, 0.15) is 0 Å². The van der Waals surface area contributed by atoms with Gasteiger partial charge in [0.15, 0.2) is 0 Å². The third kappa shape index (κ3) is 1.01. The highest BCUT2D eigenvalue weighted by molar-refractivity contribution is 5.34. The maximum Gasteiger partial charge on any atom is 0.0715 e. The summed E-state index contributed by atoms with van der Waals surface area (Å²) in [6.07, 6.45) is 6.98. The largest absolute Gasteiger partial charge is 0.389 e. The van der Waals surface area contributed by atoms with Crippen LogP contribution in [0.1, 0.15) is 53.4 Å². The van der Waals surface area contributed by atoms with Crippen molar-refractivity contribution in [3.05, 3.63) is 11.6 Å². The minimum absolute atomic E-state index is 0.0532.